The first-order valence-electron chi connectivity index (χ1n) is 24.6. The number of hydrogen-bond acceptors (Lipinski definition) is 6. The number of nitrogens with zero attached hydrogens (tertiary/aromatic N) is 2. The highest BCUT2D eigenvalue weighted by Gasteiger charge is 2.42. The monoisotopic (exact) mass is 954 g/mol. The van der Waals surface area contributed by atoms with E-state index in [0.29, 0.717) is 37.8 Å². The molecule has 3 aromatic rings. The van der Waals surface area contributed by atoms with Gasteiger partial charge in [-0.15, -0.1) is 0 Å². The summed E-state index contributed by atoms with van der Waals surface area (Å²) in [6, 6.07) is 20.8. The summed E-state index contributed by atoms with van der Waals surface area (Å²) in [5.41, 5.74) is 7.81. The zero-order valence-corrected chi connectivity index (χ0v) is 42.3. The van der Waals surface area contributed by atoms with Crippen LogP contribution in [0.25, 0.3) is 0 Å². The molecule has 0 saturated carbocycles. The molecule has 2 heterocycles. The van der Waals surface area contributed by atoms with Gasteiger partial charge in [0.1, 0.15) is 18.8 Å². The second kappa shape index (κ2) is 24.9. The van der Waals surface area contributed by atoms with Crippen LogP contribution < -0.4 is 20.1 Å². The van der Waals surface area contributed by atoms with Crippen molar-refractivity contribution in [1.82, 2.24) is 10.6 Å². The van der Waals surface area contributed by atoms with Gasteiger partial charge < -0.3 is 20.1 Å². The van der Waals surface area contributed by atoms with Crippen molar-refractivity contribution in [3.63, 3.8) is 0 Å². The molecule has 0 saturated heterocycles. The number of ketones is 1. The van der Waals surface area contributed by atoms with Crippen LogP contribution in [-0.2, 0) is 29.8 Å². The Balaban J connectivity index is 1.04. The molecule has 368 valence electrons. The fourth-order valence-corrected chi connectivity index (χ4v) is 10.00. The van der Waals surface area contributed by atoms with Gasteiger partial charge >= 0.3 is 7.82 Å². The quantitative estimate of drug-likeness (QED) is 0.0255. The van der Waals surface area contributed by atoms with E-state index in [1.54, 1.807) is 6.92 Å². The minimum Gasteiger partial charge on any atom is -0.404 e. The minimum absolute atomic E-state index is 0.0196. The summed E-state index contributed by atoms with van der Waals surface area (Å²) in [5.74, 6) is -1.31. The first kappa shape index (κ1) is 53.8. The number of rotatable bonds is 27. The Labute approximate surface area is 404 Å². The first-order valence-corrected chi connectivity index (χ1v) is 26.1. The summed E-state index contributed by atoms with van der Waals surface area (Å²) in [7, 11) is -2.79. The number of aryl methyl sites for hydroxylation is 1. The van der Waals surface area contributed by atoms with E-state index in [2.05, 4.69) is 145 Å². The van der Waals surface area contributed by atoms with Crippen LogP contribution in [0, 0.1) is 6.92 Å². The van der Waals surface area contributed by atoms with Gasteiger partial charge in [-0.3, -0.25) is 24.2 Å². The smallest absolute Gasteiger partial charge is 0.404 e. The average molecular weight is 954 g/mol. The van der Waals surface area contributed by atoms with Gasteiger partial charge in [-0.1, -0.05) is 132 Å². The summed E-state index contributed by atoms with van der Waals surface area (Å²) in [5, 5.41) is 6.03. The molecule has 11 nitrogen and oxygen atoms in total. The Morgan fingerprint density at radius 1 is 0.824 bits per heavy atom. The van der Waals surface area contributed by atoms with Crippen LogP contribution in [-0.4, -0.2) is 63.9 Å². The number of anilines is 1. The van der Waals surface area contributed by atoms with Gasteiger partial charge in [0.05, 0.1) is 5.41 Å². The normalized spacial score (nSPS) is 16.6. The number of para-hydroxylation sites is 2. The number of hydrogen-bond donors (Lipinski definition) is 4. The maximum Gasteiger partial charge on any atom is 0.524 e. The number of amides is 2. The molecule has 0 bridgehead atoms. The second-order valence-electron chi connectivity index (χ2n) is 19.4. The van der Waals surface area contributed by atoms with Crippen molar-refractivity contribution in [1.29, 1.82) is 0 Å². The Morgan fingerprint density at radius 2 is 1.50 bits per heavy atom. The number of allylic oxidation sites excluding steroid dienone is 6. The third-order valence-electron chi connectivity index (χ3n) is 13.3. The molecule has 5 rings (SSSR count). The molecule has 2 unspecified atom stereocenters. The maximum atomic E-state index is 15.1. The second-order valence-corrected chi connectivity index (χ2v) is 20.5. The standard InChI is InChI=1S/C55H74FN4O7P/c1-8-9-15-28-44(53(63)57-37-24-12-10-11-16-31-47(61)52(56)41-39-40(2)35-36-48(41)67-68(64,65)66)58-51(62)34-19-14-25-38-60-46-30-23-21-27-43(46)55(5,6)50(60)33-18-13-17-32-49-54(3,4)42-26-20-22-29-45(42)59(49)7/h13,17-18,20-23,26-27,29-30,32-33,35-36,39,44,52H,8-12,14-16,19,24-25,28,31,34,37-38H2,1-7H3,(H3-,57,58,62,63,64,65,66)/p+1. The Kier molecular flexibility index (Phi) is 19.7. The van der Waals surface area contributed by atoms with Crippen molar-refractivity contribution in [3.05, 3.63) is 125 Å². The Hall–Kier alpha value is -5.16. The summed E-state index contributed by atoms with van der Waals surface area (Å²) in [6.07, 6.45) is 18.5. The number of halogens is 1. The van der Waals surface area contributed by atoms with Gasteiger partial charge in [0.15, 0.2) is 17.7 Å². The molecule has 0 radical (unpaired) electrons. The van der Waals surface area contributed by atoms with Crippen LogP contribution in [0.5, 0.6) is 5.75 Å². The number of carbonyl (C=O) groups excluding carboxylic acids is 3. The molecule has 0 spiro atoms. The van der Waals surface area contributed by atoms with Crippen LogP contribution in [0.3, 0.4) is 0 Å². The number of Topliss-reactive ketones (excluding diaryl/α,β-unsaturated/α-hetero) is 1. The molecule has 2 amide bonds. The highest BCUT2D eigenvalue weighted by Crippen LogP contribution is 2.48. The van der Waals surface area contributed by atoms with Crippen LogP contribution in [0.1, 0.15) is 153 Å². The Morgan fingerprint density at radius 3 is 2.24 bits per heavy atom. The van der Waals surface area contributed by atoms with Crippen molar-refractivity contribution in [3.8, 4) is 5.75 Å². The first-order chi connectivity index (χ1) is 32.4. The van der Waals surface area contributed by atoms with Crippen LogP contribution >= 0.6 is 7.82 Å². The Bertz CT molecular complexity index is 2400. The zero-order chi connectivity index (χ0) is 49.5. The van der Waals surface area contributed by atoms with Crippen molar-refractivity contribution >= 4 is 42.5 Å². The summed E-state index contributed by atoms with van der Waals surface area (Å²) < 4.78 is 33.4. The van der Waals surface area contributed by atoms with Crippen molar-refractivity contribution < 1.29 is 42.2 Å². The van der Waals surface area contributed by atoms with Crippen LogP contribution in [0.2, 0.25) is 0 Å². The number of phosphoric ester groups is 1. The van der Waals surface area contributed by atoms with Gasteiger partial charge in [0.25, 0.3) is 0 Å². The van der Waals surface area contributed by atoms with Gasteiger partial charge in [0.2, 0.25) is 17.5 Å². The summed E-state index contributed by atoms with van der Waals surface area (Å²) in [4.78, 5) is 59.9. The molecule has 0 aromatic heterocycles. The maximum absolute atomic E-state index is 15.1. The van der Waals surface area contributed by atoms with E-state index in [1.807, 2.05) is 0 Å². The molecule has 2 aliphatic heterocycles. The third-order valence-corrected chi connectivity index (χ3v) is 13.8. The SMILES string of the molecule is CCCCCC(NC(=O)CCCCCN1C(=CC=CC=CC2=[N+](C)c3ccccc3C2(C)C)C(C)(C)c2ccccc21)C(=O)NCCCCCCCC(=O)C(F)c1cc(C)ccc1OP(=O)(O)O. The fourth-order valence-electron chi connectivity index (χ4n) is 9.57. The molecule has 13 heteroatoms. The van der Waals surface area contributed by atoms with Gasteiger partial charge in [-0.05, 0) is 82.7 Å². The van der Waals surface area contributed by atoms with E-state index in [4.69, 9.17) is 0 Å². The number of carbonyl (C=O) groups is 3. The van der Waals surface area contributed by atoms with E-state index < -0.39 is 25.8 Å². The predicted molar refractivity (Wildman–Crippen MR) is 271 cm³/mol. The lowest BCUT2D eigenvalue weighted by atomic mass is 9.81. The van der Waals surface area contributed by atoms with E-state index >= 15 is 4.39 Å². The largest absolute Gasteiger partial charge is 0.524 e. The highest BCUT2D eigenvalue weighted by atomic mass is 31.2. The fraction of sp³-hybridized carbons (Fsp3) is 0.491. The molecule has 0 aliphatic carbocycles. The van der Waals surface area contributed by atoms with Gasteiger partial charge in [-0.2, -0.15) is 4.58 Å². The molecular weight excluding hydrogens is 879 g/mol. The lowest BCUT2D eigenvalue weighted by molar-refractivity contribution is -0.401. The molecule has 2 aliphatic rings. The lowest BCUT2D eigenvalue weighted by Gasteiger charge is -2.27. The molecular formula is C55H75FN4O7P+. The van der Waals surface area contributed by atoms with Crippen molar-refractivity contribution in [2.24, 2.45) is 0 Å². The minimum atomic E-state index is -4.93. The number of benzene rings is 3. The summed E-state index contributed by atoms with van der Waals surface area (Å²) in [6.45, 7) is 14.2. The topological polar surface area (TPSA) is 148 Å². The molecule has 68 heavy (non-hydrogen) atoms. The zero-order valence-electron chi connectivity index (χ0n) is 41.4. The van der Waals surface area contributed by atoms with Gasteiger partial charge in [-0.25, -0.2) is 8.96 Å². The number of phosphoric acid groups is 1. The van der Waals surface area contributed by atoms with Crippen LogP contribution in [0.15, 0.2) is 103 Å². The van der Waals surface area contributed by atoms with Gasteiger partial charge in [0, 0.05) is 66.0 Å². The van der Waals surface area contributed by atoms with Crippen molar-refractivity contribution in [2.45, 2.75) is 154 Å². The molecule has 3 aromatic carbocycles. The third kappa shape index (κ3) is 14.4. The molecule has 4 N–H and O–H groups in total. The van der Waals surface area contributed by atoms with E-state index in [-0.39, 0.29) is 40.4 Å². The molecule has 0 fully saturated rings. The number of fused-ring (bicyclic) bond motifs is 2. The number of alkyl halides is 1. The summed E-state index contributed by atoms with van der Waals surface area (Å²) >= 11 is 0. The van der Waals surface area contributed by atoms with Crippen LogP contribution in [0.4, 0.5) is 15.8 Å². The van der Waals surface area contributed by atoms with E-state index in [0.717, 1.165) is 64.3 Å². The van der Waals surface area contributed by atoms with Crippen molar-refractivity contribution in [2.75, 3.05) is 25.0 Å². The van der Waals surface area contributed by atoms with E-state index in [9.17, 15) is 28.7 Å². The highest BCUT2D eigenvalue weighted by molar-refractivity contribution is 7.46. The number of nitrogens with one attached hydrogen (secondary N) is 2. The molecule has 2 atom stereocenters. The number of unbranched alkanes of at least 4 members (excludes halogenated alkanes) is 8. The predicted octanol–water partition coefficient (Wildman–Crippen LogP) is 11.6. The lowest BCUT2D eigenvalue weighted by Crippen LogP contribution is -2.46. The average Bonchev–Trinajstić information content (AvgIpc) is 3.63. The van der Waals surface area contributed by atoms with E-state index in [1.165, 1.54) is 52.1 Å².